The molecule has 0 saturated carbocycles. The number of piperidine rings is 1. The number of carbonyl (C=O) groups excluding carboxylic acids is 2. The molecule has 2 aliphatic rings. The minimum atomic E-state index is -0.227. The van der Waals surface area contributed by atoms with Crippen molar-refractivity contribution in [2.24, 2.45) is 5.92 Å². The third-order valence-electron chi connectivity index (χ3n) is 5.00. The molecule has 0 aliphatic carbocycles. The van der Waals surface area contributed by atoms with Crippen LogP contribution in [0.15, 0.2) is 5.38 Å². The Kier molecular flexibility index (Phi) is 5.43. The molecule has 2 aliphatic heterocycles. The molecule has 6 nitrogen and oxygen atoms in total. The van der Waals surface area contributed by atoms with Crippen LogP contribution < -0.4 is 4.74 Å². The first kappa shape index (κ1) is 18.3. The summed E-state index contributed by atoms with van der Waals surface area (Å²) in [5, 5.41) is 1.74. The van der Waals surface area contributed by atoms with Crippen molar-refractivity contribution in [3.8, 4) is 5.75 Å². The fourth-order valence-corrected chi connectivity index (χ4v) is 4.60. The molecule has 1 aromatic rings. The highest BCUT2D eigenvalue weighted by Crippen LogP contribution is 2.36. The molecule has 0 radical (unpaired) electrons. The molecular weight excluding hydrogens is 364 g/mol. The normalized spacial score (nSPS) is 21.8. The summed E-state index contributed by atoms with van der Waals surface area (Å²) in [5.41, 5.74) is 0.511. The van der Waals surface area contributed by atoms with E-state index in [1.54, 1.807) is 5.38 Å². The summed E-state index contributed by atoms with van der Waals surface area (Å²) in [6, 6.07) is 0.245. The molecule has 2 fully saturated rings. The fourth-order valence-electron chi connectivity index (χ4n) is 3.56. The molecule has 1 aromatic heterocycles. The van der Waals surface area contributed by atoms with Gasteiger partial charge in [-0.25, -0.2) is 4.79 Å². The van der Waals surface area contributed by atoms with E-state index in [0.29, 0.717) is 41.3 Å². The summed E-state index contributed by atoms with van der Waals surface area (Å²) in [7, 11) is 1.52. The number of carbonyl (C=O) groups is 2. The average Bonchev–Trinajstić information content (AvgIpc) is 3.17. The first-order chi connectivity index (χ1) is 11.9. The summed E-state index contributed by atoms with van der Waals surface area (Å²) < 4.78 is 11.0. The van der Waals surface area contributed by atoms with E-state index < -0.39 is 0 Å². The topological polar surface area (TPSA) is 59.1 Å². The van der Waals surface area contributed by atoms with E-state index in [-0.39, 0.29) is 24.1 Å². The van der Waals surface area contributed by atoms with Crippen molar-refractivity contribution in [3.05, 3.63) is 15.3 Å². The minimum absolute atomic E-state index is 0.0668. The number of halogens is 1. The summed E-state index contributed by atoms with van der Waals surface area (Å²) in [5.74, 6) is 0.730. The Balaban J connectivity index is 1.65. The number of nitrogens with zero attached hydrogens (tertiary/aromatic N) is 2. The van der Waals surface area contributed by atoms with E-state index in [1.807, 2.05) is 9.80 Å². The van der Waals surface area contributed by atoms with Crippen LogP contribution in [-0.2, 0) is 4.74 Å². The number of hydrogen-bond acceptors (Lipinski definition) is 5. The van der Waals surface area contributed by atoms with E-state index in [2.05, 4.69) is 13.8 Å². The van der Waals surface area contributed by atoms with Gasteiger partial charge in [0.1, 0.15) is 10.9 Å². The SMILES string of the molecule is COc1c(C(=O)N2CCC(N3C(=O)OCC3C(C)C)CC2)csc1Cl. The Hall–Kier alpha value is -1.47. The second kappa shape index (κ2) is 7.41. The number of amides is 2. The van der Waals surface area contributed by atoms with E-state index >= 15 is 0 Å². The van der Waals surface area contributed by atoms with Gasteiger partial charge in [-0.1, -0.05) is 25.4 Å². The third kappa shape index (κ3) is 3.44. The number of hydrogen-bond donors (Lipinski definition) is 0. The van der Waals surface area contributed by atoms with Crippen molar-refractivity contribution in [2.75, 3.05) is 26.8 Å². The van der Waals surface area contributed by atoms with Gasteiger partial charge in [0.15, 0.2) is 5.75 Å². The largest absolute Gasteiger partial charge is 0.493 e. The summed E-state index contributed by atoms with van der Waals surface area (Å²) in [6.45, 7) is 5.87. The molecule has 3 heterocycles. The number of rotatable bonds is 4. The van der Waals surface area contributed by atoms with Crippen LogP contribution >= 0.6 is 22.9 Å². The highest BCUT2D eigenvalue weighted by Gasteiger charge is 2.41. The predicted molar refractivity (Wildman–Crippen MR) is 96.6 cm³/mol. The zero-order valence-corrected chi connectivity index (χ0v) is 16.2. The van der Waals surface area contributed by atoms with Crippen LogP contribution in [0.1, 0.15) is 37.0 Å². The van der Waals surface area contributed by atoms with E-state index in [0.717, 1.165) is 12.8 Å². The van der Waals surface area contributed by atoms with Gasteiger partial charge in [0.05, 0.1) is 18.7 Å². The van der Waals surface area contributed by atoms with Gasteiger partial charge in [-0.3, -0.25) is 9.69 Å². The molecule has 8 heteroatoms. The highest BCUT2D eigenvalue weighted by molar-refractivity contribution is 7.15. The van der Waals surface area contributed by atoms with E-state index in [4.69, 9.17) is 21.1 Å². The molecule has 2 saturated heterocycles. The lowest BCUT2D eigenvalue weighted by Crippen LogP contribution is -2.50. The predicted octanol–water partition coefficient (Wildman–Crippen LogP) is 3.49. The van der Waals surface area contributed by atoms with Gasteiger partial charge in [-0.15, -0.1) is 11.3 Å². The molecule has 0 aromatic carbocycles. The lowest BCUT2D eigenvalue weighted by atomic mass is 9.97. The molecule has 25 heavy (non-hydrogen) atoms. The Morgan fingerprint density at radius 2 is 2.08 bits per heavy atom. The first-order valence-corrected chi connectivity index (χ1v) is 9.75. The van der Waals surface area contributed by atoms with Crippen LogP contribution in [0.4, 0.5) is 4.79 Å². The molecule has 0 bridgehead atoms. The van der Waals surface area contributed by atoms with Crippen LogP contribution in [0.5, 0.6) is 5.75 Å². The number of likely N-dealkylation sites (tertiary alicyclic amines) is 1. The average molecular weight is 387 g/mol. The lowest BCUT2D eigenvalue weighted by Gasteiger charge is -2.38. The maximum Gasteiger partial charge on any atom is 0.410 e. The summed E-state index contributed by atoms with van der Waals surface area (Å²) in [4.78, 5) is 28.5. The molecule has 3 rings (SSSR count). The first-order valence-electron chi connectivity index (χ1n) is 8.49. The third-order valence-corrected chi connectivity index (χ3v) is 6.18. The summed E-state index contributed by atoms with van der Waals surface area (Å²) in [6.07, 6.45) is 1.28. The molecule has 138 valence electrons. The summed E-state index contributed by atoms with van der Waals surface area (Å²) >= 11 is 7.36. The monoisotopic (exact) mass is 386 g/mol. The minimum Gasteiger partial charge on any atom is -0.493 e. The van der Waals surface area contributed by atoms with Crippen LogP contribution in [0.2, 0.25) is 4.34 Å². The lowest BCUT2D eigenvalue weighted by molar-refractivity contribution is 0.0617. The van der Waals surface area contributed by atoms with E-state index in [1.165, 1.54) is 18.4 Å². The second-order valence-corrected chi connectivity index (χ2v) is 8.26. The molecule has 1 unspecified atom stereocenters. The Bertz CT molecular complexity index is 655. The van der Waals surface area contributed by atoms with Crippen LogP contribution in [-0.4, -0.2) is 60.7 Å². The molecule has 0 N–H and O–H groups in total. The van der Waals surface area contributed by atoms with E-state index in [9.17, 15) is 9.59 Å². The van der Waals surface area contributed by atoms with Crippen LogP contribution in [0, 0.1) is 5.92 Å². The van der Waals surface area contributed by atoms with Crippen molar-refractivity contribution >= 4 is 34.9 Å². The zero-order chi connectivity index (χ0) is 18.1. The van der Waals surface area contributed by atoms with Crippen molar-refractivity contribution in [3.63, 3.8) is 0 Å². The van der Waals surface area contributed by atoms with Crippen molar-refractivity contribution in [1.82, 2.24) is 9.80 Å². The maximum absolute atomic E-state index is 12.7. The van der Waals surface area contributed by atoms with Gasteiger partial charge in [0.25, 0.3) is 5.91 Å². The Morgan fingerprint density at radius 1 is 1.40 bits per heavy atom. The zero-order valence-electron chi connectivity index (χ0n) is 14.7. The van der Waals surface area contributed by atoms with Crippen LogP contribution in [0.25, 0.3) is 0 Å². The quantitative estimate of drug-likeness (QED) is 0.794. The smallest absolute Gasteiger partial charge is 0.410 e. The van der Waals surface area contributed by atoms with Crippen molar-refractivity contribution in [1.29, 1.82) is 0 Å². The fraction of sp³-hybridized carbons (Fsp3) is 0.647. The second-order valence-electron chi connectivity index (χ2n) is 6.78. The van der Waals surface area contributed by atoms with Gasteiger partial charge >= 0.3 is 6.09 Å². The maximum atomic E-state index is 12.7. The number of thiophene rings is 1. The van der Waals surface area contributed by atoms with Gasteiger partial charge in [-0.05, 0) is 18.8 Å². The van der Waals surface area contributed by atoms with Crippen molar-refractivity contribution < 1.29 is 19.1 Å². The Morgan fingerprint density at radius 3 is 2.68 bits per heavy atom. The van der Waals surface area contributed by atoms with Gasteiger partial charge in [0, 0.05) is 24.5 Å². The van der Waals surface area contributed by atoms with Gasteiger partial charge in [0.2, 0.25) is 0 Å². The van der Waals surface area contributed by atoms with Crippen molar-refractivity contribution in [2.45, 2.75) is 38.8 Å². The number of ether oxygens (including phenoxy) is 2. The molecular formula is C17H23ClN2O4S. The molecule has 1 atom stereocenters. The number of cyclic esters (lactones) is 1. The highest BCUT2D eigenvalue weighted by atomic mass is 35.5. The van der Waals surface area contributed by atoms with Gasteiger partial charge in [-0.2, -0.15) is 0 Å². The Labute approximate surface area is 156 Å². The number of methoxy groups -OCH3 is 1. The molecule has 2 amide bonds. The van der Waals surface area contributed by atoms with Gasteiger partial charge < -0.3 is 14.4 Å². The standard InChI is InChI=1S/C17H23ClN2O4S/c1-10(2)13-8-24-17(22)20(13)11-4-6-19(7-5-11)16(21)12-9-25-15(18)14(12)23-3/h9-11,13H,4-8H2,1-3H3. The molecule has 0 spiro atoms. The van der Waals surface area contributed by atoms with Crippen LogP contribution in [0.3, 0.4) is 0 Å².